The van der Waals surface area contributed by atoms with Crippen LogP contribution in [0.4, 0.5) is 23.1 Å². The van der Waals surface area contributed by atoms with Crippen molar-refractivity contribution in [3.8, 4) is 17.0 Å². The molecule has 3 aromatic rings. The van der Waals surface area contributed by atoms with E-state index in [0.29, 0.717) is 45.1 Å². The zero-order valence-electron chi connectivity index (χ0n) is 21.4. The summed E-state index contributed by atoms with van der Waals surface area (Å²) in [6.07, 6.45) is 5.45. The monoisotopic (exact) mass is 556 g/mol. The Morgan fingerprint density at radius 2 is 1.92 bits per heavy atom. The van der Waals surface area contributed by atoms with Crippen LogP contribution in [0.15, 0.2) is 30.6 Å². The van der Waals surface area contributed by atoms with Crippen LogP contribution in [0.2, 0.25) is 10.0 Å². The molecule has 0 amide bonds. The van der Waals surface area contributed by atoms with Gasteiger partial charge in [0.05, 0.1) is 47.0 Å². The highest BCUT2D eigenvalue weighted by Crippen LogP contribution is 2.46. The number of rotatable bonds is 6. The minimum absolute atomic E-state index is 0.00578. The average molecular weight is 557 g/mol. The fourth-order valence-electron chi connectivity index (χ4n) is 5.57. The minimum atomic E-state index is -0.425. The SMILES string of the molecule is COc1cc(N2CC3(CCOCC3)C2)c(Cl)cc1Nc1ncc(Cl)c(-c2cnc3c(c2)C(C)(CO)CN3)n1. The molecular formula is C27H30Cl2N6O3. The van der Waals surface area contributed by atoms with Crippen LogP contribution in [-0.2, 0) is 10.2 Å². The van der Waals surface area contributed by atoms with Gasteiger partial charge in [-0.25, -0.2) is 15.0 Å². The van der Waals surface area contributed by atoms with Crippen LogP contribution in [0.25, 0.3) is 11.3 Å². The Hall–Kier alpha value is -2.85. The number of nitrogens with one attached hydrogen (secondary N) is 2. The summed E-state index contributed by atoms with van der Waals surface area (Å²) in [5.74, 6) is 1.75. The number of benzene rings is 1. The normalized spacial score (nSPS) is 21.6. The van der Waals surface area contributed by atoms with Gasteiger partial charge in [0.2, 0.25) is 5.95 Å². The summed E-state index contributed by atoms with van der Waals surface area (Å²) < 4.78 is 11.2. The van der Waals surface area contributed by atoms with Crippen LogP contribution in [0, 0.1) is 5.41 Å². The van der Waals surface area contributed by atoms with Crippen molar-refractivity contribution in [2.75, 3.05) is 62.1 Å². The summed E-state index contributed by atoms with van der Waals surface area (Å²) >= 11 is 13.3. The molecule has 1 unspecified atom stereocenters. The van der Waals surface area contributed by atoms with E-state index in [1.54, 1.807) is 19.5 Å². The lowest BCUT2D eigenvalue weighted by atomic mass is 9.73. The van der Waals surface area contributed by atoms with Gasteiger partial charge in [0.15, 0.2) is 0 Å². The topological polar surface area (TPSA) is 105 Å². The molecule has 0 bridgehead atoms. The van der Waals surface area contributed by atoms with Crippen molar-refractivity contribution in [1.82, 2.24) is 15.0 Å². The highest BCUT2D eigenvalue weighted by Gasteiger charge is 2.44. The molecule has 1 spiro atoms. The number of halogens is 2. The van der Waals surface area contributed by atoms with E-state index in [9.17, 15) is 5.11 Å². The van der Waals surface area contributed by atoms with Gasteiger partial charge in [0.1, 0.15) is 11.6 Å². The maximum absolute atomic E-state index is 9.95. The number of nitrogens with zero attached hydrogens (tertiary/aromatic N) is 4. The summed E-state index contributed by atoms with van der Waals surface area (Å²) in [6, 6.07) is 5.78. The Labute approximate surface area is 231 Å². The second-order valence-corrected chi connectivity index (χ2v) is 11.5. The van der Waals surface area contributed by atoms with E-state index in [2.05, 4.69) is 30.5 Å². The highest BCUT2D eigenvalue weighted by molar-refractivity contribution is 6.34. The first-order valence-corrected chi connectivity index (χ1v) is 13.4. The zero-order chi connectivity index (χ0) is 26.5. The van der Waals surface area contributed by atoms with Gasteiger partial charge in [-0.2, -0.15) is 0 Å². The lowest BCUT2D eigenvalue weighted by Crippen LogP contribution is -2.58. The lowest BCUT2D eigenvalue weighted by Gasteiger charge is -2.53. The third-order valence-corrected chi connectivity index (χ3v) is 8.59. The maximum atomic E-state index is 9.95. The van der Waals surface area contributed by atoms with Crippen molar-refractivity contribution in [2.24, 2.45) is 5.41 Å². The number of ether oxygens (including phenoxy) is 2. The van der Waals surface area contributed by atoms with E-state index in [1.807, 2.05) is 25.1 Å². The van der Waals surface area contributed by atoms with Gasteiger partial charge < -0.3 is 30.1 Å². The molecule has 2 aromatic heterocycles. The Bertz CT molecular complexity index is 1380. The van der Waals surface area contributed by atoms with Crippen LogP contribution in [0.5, 0.6) is 5.75 Å². The predicted molar refractivity (Wildman–Crippen MR) is 149 cm³/mol. The van der Waals surface area contributed by atoms with Gasteiger partial charge in [0.25, 0.3) is 0 Å². The second kappa shape index (κ2) is 9.72. The molecule has 200 valence electrons. The first-order valence-electron chi connectivity index (χ1n) is 12.7. The molecule has 2 saturated heterocycles. The number of hydrogen-bond acceptors (Lipinski definition) is 9. The number of aliphatic hydroxyl groups excluding tert-OH is 1. The third-order valence-electron chi connectivity index (χ3n) is 8.01. The van der Waals surface area contributed by atoms with Crippen LogP contribution >= 0.6 is 23.2 Å². The fourth-order valence-corrected chi connectivity index (χ4v) is 6.05. The molecule has 1 atom stereocenters. The van der Waals surface area contributed by atoms with Gasteiger partial charge >= 0.3 is 0 Å². The Kier molecular flexibility index (Phi) is 6.50. The Balaban J connectivity index is 1.26. The third kappa shape index (κ3) is 4.41. The predicted octanol–water partition coefficient (Wildman–Crippen LogP) is 4.89. The first-order chi connectivity index (χ1) is 18.3. The molecule has 2 fully saturated rings. The molecule has 5 heterocycles. The molecule has 0 radical (unpaired) electrons. The molecule has 3 aliphatic rings. The molecule has 6 rings (SSSR count). The highest BCUT2D eigenvalue weighted by atomic mass is 35.5. The molecule has 1 aromatic carbocycles. The van der Waals surface area contributed by atoms with Gasteiger partial charge in [-0.1, -0.05) is 30.1 Å². The molecule has 11 heteroatoms. The summed E-state index contributed by atoms with van der Waals surface area (Å²) in [4.78, 5) is 15.9. The molecule has 0 aliphatic carbocycles. The summed E-state index contributed by atoms with van der Waals surface area (Å²) in [5, 5.41) is 17.5. The van der Waals surface area contributed by atoms with E-state index in [4.69, 9.17) is 32.7 Å². The van der Waals surface area contributed by atoms with E-state index < -0.39 is 5.41 Å². The number of pyridine rings is 1. The van der Waals surface area contributed by atoms with Crippen LogP contribution in [-0.4, -0.2) is 66.6 Å². The van der Waals surface area contributed by atoms with E-state index in [0.717, 1.165) is 61.8 Å². The maximum Gasteiger partial charge on any atom is 0.227 e. The lowest BCUT2D eigenvalue weighted by molar-refractivity contribution is -0.000194. The number of anilines is 4. The van der Waals surface area contributed by atoms with Crippen LogP contribution in [0.3, 0.4) is 0 Å². The minimum Gasteiger partial charge on any atom is -0.494 e. The molecule has 3 aliphatic heterocycles. The number of methoxy groups -OCH3 is 1. The summed E-state index contributed by atoms with van der Waals surface area (Å²) in [7, 11) is 1.63. The van der Waals surface area contributed by atoms with Gasteiger partial charge in [0, 0.05) is 67.1 Å². The quantitative estimate of drug-likeness (QED) is 0.391. The van der Waals surface area contributed by atoms with Crippen molar-refractivity contribution in [3.63, 3.8) is 0 Å². The van der Waals surface area contributed by atoms with Crippen molar-refractivity contribution >= 4 is 46.3 Å². The van der Waals surface area contributed by atoms with Crippen LogP contribution < -0.4 is 20.3 Å². The van der Waals surface area contributed by atoms with Crippen molar-refractivity contribution in [1.29, 1.82) is 0 Å². The number of fused-ring (bicyclic) bond motifs is 1. The Morgan fingerprint density at radius 3 is 2.66 bits per heavy atom. The Morgan fingerprint density at radius 1 is 1.13 bits per heavy atom. The average Bonchev–Trinajstić information content (AvgIpc) is 3.25. The van der Waals surface area contributed by atoms with Crippen molar-refractivity contribution in [2.45, 2.75) is 25.2 Å². The van der Waals surface area contributed by atoms with Crippen molar-refractivity contribution < 1.29 is 14.6 Å². The number of hydrogen-bond donors (Lipinski definition) is 3. The second-order valence-electron chi connectivity index (χ2n) is 10.7. The largest absolute Gasteiger partial charge is 0.494 e. The molecule has 9 nitrogen and oxygen atoms in total. The van der Waals surface area contributed by atoms with E-state index in [-0.39, 0.29) is 6.61 Å². The summed E-state index contributed by atoms with van der Waals surface area (Å²) in [6.45, 7) is 6.21. The standard InChI is InChI=1S/C27H30Cl2N6O3/c1-26(15-36)12-32-24-17(26)7-16(10-30-24)23-19(29)11-31-25(34-23)33-20-8-18(28)21(9-22(20)37-2)35-13-27(14-35)3-5-38-6-4-27/h7-11,36H,3-6,12-15H2,1-2H3,(H,30,32)(H,31,33,34). The summed E-state index contributed by atoms with van der Waals surface area (Å²) in [5.41, 5.74) is 3.72. The van der Waals surface area contributed by atoms with E-state index >= 15 is 0 Å². The molecule has 38 heavy (non-hydrogen) atoms. The van der Waals surface area contributed by atoms with E-state index in [1.165, 1.54) is 0 Å². The number of aliphatic hydroxyl groups is 1. The molecular weight excluding hydrogens is 527 g/mol. The zero-order valence-corrected chi connectivity index (χ0v) is 22.9. The number of aromatic nitrogens is 3. The van der Waals surface area contributed by atoms with Gasteiger partial charge in [-0.3, -0.25) is 0 Å². The molecule has 3 N–H and O–H groups in total. The van der Waals surface area contributed by atoms with Gasteiger partial charge in [-0.15, -0.1) is 0 Å². The first kappa shape index (κ1) is 25.4. The smallest absolute Gasteiger partial charge is 0.227 e. The van der Waals surface area contributed by atoms with Gasteiger partial charge in [-0.05, 0) is 25.0 Å². The van der Waals surface area contributed by atoms with Crippen molar-refractivity contribution in [3.05, 3.63) is 46.2 Å². The fraction of sp³-hybridized carbons (Fsp3) is 0.444. The molecule has 0 saturated carbocycles. The van der Waals surface area contributed by atoms with Crippen LogP contribution in [0.1, 0.15) is 25.3 Å².